The van der Waals surface area contributed by atoms with Gasteiger partial charge in [0.1, 0.15) is 11.3 Å². The van der Waals surface area contributed by atoms with Crippen LogP contribution < -0.4 is 4.90 Å². The van der Waals surface area contributed by atoms with Crippen molar-refractivity contribution in [1.82, 2.24) is 20.2 Å². The SMILES string of the molecule is C[C@@H]1Cc2ccccc2N1C(=O)CSc1nnc2c(n1)[nH]c1ccc(F)cc12. The number of fused-ring (bicyclic) bond motifs is 4. The van der Waals surface area contributed by atoms with Crippen molar-refractivity contribution < 1.29 is 9.18 Å². The highest BCUT2D eigenvalue weighted by Gasteiger charge is 2.30. The molecule has 2 aromatic carbocycles. The summed E-state index contributed by atoms with van der Waals surface area (Å²) in [5.41, 5.74) is 3.97. The van der Waals surface area contributed by atoms with E-state index in [1.165, 1.54) is 29.5 Å². The Bertz CT molecular complexity index is 1220. The maximum Gasteiger partial charge on any atom is 0.237 e. The van der Waals surface area contributed by atoms with Gasteiger partial charge in [0.05, 0.1) is 5.75 Å². The molecule has 0 aliphatic carbocycles. The van der Waals surface area contributed by atoms with Crippen LogP contribution >= 0.6 is 11.8 Å². The van der Waals surface area contributed by atoms with E-state index in [0.717, 1.165) is 17.6 Å². The largest absolute Gasteiger partial charge is 0.338 e. The molecule has 6 nitrogen and oxygen atoms in total. The van der Waals surface area contributed by atoms with Crippen LogP contribution in [0, 0.1) is 5.82 Å². The molecule has 0 spiro atoms. The Morgan fingerprint density at radius 3 is 3.04 bits per heavy atom. The number of benzene rings is 2. The van der Waals surface area contributed by atoms with Gasteiger partial charge >= 0.3 is 0 Å². The van der Waals surface area contributed by atoms with E-state index < -0.39 is 0 Å². The lowest BCUT2D eigenvalue weighted by Gasteiger charge is -2.22. The van der Waals surface area contributed by atoms with Crippen LogP contribution in [0.15, 0.2) is 47.6 Å². The molecule has 140 valence electrons. The molecule has 1 aliphatic heterocycles. The monoisotopic (exact) mass is 393 g/mol. The van der Waals surface area contributed by atoms with Gasteiger partial charge in [0, 0.05) is 22.6 Å². The van der Waals surface area contributed by atoms with E-state index in [1.807, 2.05) is 23.1 Å². The van der Waals surface area contributed by atoms with Crippen LogP contribution in [0.2, 0.25) is 0 Å². The van der Waals surface area contributed by atoms with Gasteiger partial charge in [0.2, 0.25) is 11.1 Å². The highest BCUT2D eigenvalue weighted by molar-refractivity contribution is 7.99. The summed E-state index contributed by atoms with van der Waals surface area (Å²) in [6.45, 7) is 2.05. The number of nitrogens with zero attached hydrogens (tertiary/aromatic N) is 4. The van der Waals surface area contributed by atoms with Crippen LogP contribution in [0.1, 0.15) is 12.5 Å². The number of para-hydroxylation sites is 1. The van der Waals surface area contributed by atoms with Crippen LogP contribution in [0.4, 0.5) is 10.1 Å². The standard InChI is InChI=1S/C20H16FN5OS/c1-11-8-12-4-2-3-5-16(12)26(11)17(27)10-28-20-23-19-18(24-25-20)14-9-13(21)6-7-15(14)22-19/h2-7,9,11H,8,10H2,1H3,(H,22,23,25)/t11-/m1/s1. The third-order valence-electron chi connectivity index (χ3n) is 4.96. The molecule has 4 aromatic rings. The number of halogens is 1. The summed E-state index contributed by atoms with van der Waals surface area (Å²) >= 11 is 1.25. The zero-order chi connectivity index (χ0) is 19.3. The minimum absolute atomic E-state index is 0.0184. The molecule has 1 aliphatic rings. The molecule has 0 saturated heterocycles. The smallest absolute Gasteiger partial charge is 0.237 e. The number of thioether (sulfide) groups is 1. The van der Waals surface area contributed by atoms with Crippen LogP contribution in [-0.2, 0) is 11.2 Å². The van der Waals surface area contributed by atoms with Crippen molar-refractivity contribution in [3.05, 3.63) is 53.8 Å². The van der Waals surface area contributed by atoms with Gasteiger partial charge in [-0.2, -0.15) is 0 Å². The first-order valence-corrected chi connectivity index (χ1v) is 9.93. The molecular formula is C20H16FN5OS. The fourth-order valence-corrected chi connectivity index (χ4v) is 4.38. The summed E-state index contributed by atoms with van der Waals surface area (Å²) in [6, 6.07) is 12.6. The lowest BCUT2D eigenvalue weighted by atomic mass is 10.1. The molecule has 0 saturated carbocycles. The summed E-state index contributed by atoms with van der Waals surface area (Å²) in [5.74, 6) is -0.0927. The summed E-state index contributed by atoms with van der Waals surface area (Å²) in [6.07, 6.45) is 0.863. The first-order valence-electron chi connectivity index (χ1n) is 8.94. The Kier molecular flexibility index (Phi) is 4.01. The van der Waals surface area contributed by atoms with Gasteiger partial charge in [-0.25, -0.2) is 9.37 Å². The zero-order valence-corrected chi connectivity index (χ0v) is 15.8. The second kappa shape index (κ2) is 6.56. The number of H-pyrrole nitrogens is 1. The van der Waals surface area contributed by atoms with Gasteiger partial charge < -0.3 is 9.88 Å². The highest BCUT2D eigenvalue weighted by Crippen LogP contribution is 2.32. The average molecular weight is 393 g/mol. The number of nitrogens with one attached hydrogen (secondary N) is 1. The number of hydrogen-bond donors (Lipinski definition) is 1. The van der Waals surface area contributed by atoms with Gasteiger partial charge in [0.25, 0.3) is 0 Å². The lowest BCUT2D eigenvalue weighted by Crippen LogP contribution is -2.37. The molecule has 0 fully saturated rings. The third kappa shape index (κ3) is 2.80. The number of carbonyl (C=O) groups excluding carboxylic acids is 1. The summed E-state index contributed by atoms with van der Waals surface area (Å²) in [7, 11) is 0. The first-order chi connectivity index (χ1) is 13.6. The Hall–Kier alpha value is -3.00. The fraction of sp³-hybridized carbons (Fsp3) is 0.200. The molecule has 1 amide bonds. The van der Waals surface area contributed by atoms with Crippen molar-refractivity contribution in [1.29, 1.82) is 0 Å². The molecule has 1 atom stereocenters. The van der Waals surface area contributed by atoms with E-state index in [0.29, 0.717) is 21.7 Å². The quantitative estimate of drug-likeness (QED) is 0.537. The number of hydrogen-bond acceptors (Lipinski definition) is 5. The molecule has 2 aromatic heterocycles. The van der Waals surface area contributed by atoms with Crippen LogP contribution in [-0.4, -0.2) is 37.9 Å². The van der Waals surface area contributed by atoms with E-state index in [9.17, 15) is 9.18 Å². The van der Waals surface area contributed by atoms with Crippen molar-refractivity contribution in [3.8, 4) is 0 Å². The van der Waals surface area contributed by atoms with Crippen molar-refractivity contribution >= 4 is 45.4 Å². The second-order valence-corrected chi connectivity index (χ2v) is 7.78. The number of rotatable bonds is 3. The molecule has 28 heavy (non-hydrogen) atoms. The number of aromatic amines is 1. The maximum absolute atomic E-state index is 13.5. The number of anilines is 1. The Morgan fingerprint density at radius 2 is 2.14 bits per heavy atom. The molecule has 5 rings (SSSR count). The van der Waals surface area contributed by atoms with Crippen LogP contribution in [0.5, 0.6) is 0 Å². The summed E-state index contributed by atoms with van der Waals surface area (Å²) in [5, 5.41) is 9.34. The number of amides is 1. The predicted octanol–water partition coefficient (Wildman–Crippen LogP) is 3.72. The van der Waals surface area contributed by atoms with Crippen molar-refractivity contribution in [3.63, 3.8) is 0 Å². The Balaban J connectivity index is 1.37. The molecule has 8 heteroatoms. The third-order valence-corrected chi connectivity index (χ3v) is 5.78. The topological polar surface area (TPSA) is 74.8 Å². The van der Waals surface area contributed by atoms with Crippen LogP contribution in [0.3, 0.4) is 0 Å². The van der Waals surface area contributed by atoms with E-state index in [-0.39, 0.29) is 23.5 Å². The molecule has 0 bridgehead atoms. The summed E-state index contributed by atoms with van der Waals surface area (Å²) in [4.78, 5) is 22.2. The second-order valence-electron chi connectivity index (χ2n) is 6.84. The minimum Gasteiger partial charge on any atom is -0.338 e. The highest BCUT2D eigenvalue weighted by atomic mass is 32.2. The lowest BCUT2D eigenvalue weighted by molar-refractivity contribution is -0.116. The number of aromatic nitrogens is 4. The van der Waals surface area contributed by atoms with Gasteiger partial charge in [-0.05, 0) is 43.2 Å². The average Bonchev–Trinajstić information content (AvgIpc) is 3.22. The Labute approximate surface area is 164 Å². The molecular weight excluding hydrogens is 377 g/mol. The molecule has 0 radical (unpaired) electrons. The zero-order valence-electron chi connectivity index (χ0n) is 15.0. The molecule has 1 N–H and O–H groups in total. The summed E-state index contributed by atoms with van der Waals surface area (Å²) < 4.78 is 13.5. The predicted molar refractivity (Wildman–Crippen MR) is 107 cm³/mol. The van der Waals surface area contributed by atoms with Crippen molar-refractivity contribution in [2.24, 2.45) is 0 Å². The van der Waals surface area contributed by atoms with Crippen molar-refractivity contribution in [2.75, 3.05) is 10.7 Å². The number of carbonyl (C=O) groups is 1. The van der Waals surface area contributed by atoms with Crippen LogP contribution in [0.25, 0.3) is 22.1 Å². The minimum atomic E-state index is -0.334. The van der Waals surface area contributed by atoms with E-state index >= 15 is 0 Å². The molecule has 3 heterocycles. The normalized spacial score (nSPS) is 16.1. The fourth-order valence-electron chi connectivity index (χ4n) is 3.73. The van der Waals surface area contributed by atoms with Crippen molar-refractivity contribution in [2.45, 2.75) is 24.5 Å². The van der Waals surface area contributed by atoms with E-state index in [1.54, 1.807) is 6.07 Å². The van der Waals surface area contributed by atoms with Gasteiger partial charge in [0.15, 0.2) is 5.65 Å². The van der Waals surface area contributed by atoms with Gasteiger partial charge in [-0.1, -0.05) is 30.0 Å². The Morgan fingerprint density at radius 1 is 1.29 bits per heavy atom. The first kappa shape index (κ1) is 17.1. The van der Waals surface area contributed by atoms with E-state index in [2.05, 4.69) is 33.2 Å². The van der Waals surface area contributed by atoms with Gasteiger partial charge in [-0.15, -0.1) is 10.2 Å². The van der Waals surface area contributed by atoms with E-state index in [4.69, 9.17) is 0 Å². The maximum atomic E-state index is 13.5. The van der Waals surface area contributed by atoms with Gasteiger partial charge in [-0.3, -0.25) is 4.79 Å². The molecule has 0 unspecified atom stereocenters.